The Kier molecular flexibility index (Phi) is 8.86. The molecule has 0 N–H and O–H groups in total. The summed E-state index contributed by atoms with van der Waals surface area (Å²) in [5.74, 6) is -0.178. The van der Waals surface area contributed by atoms with E-state index in [1.54, 1.807) is 30.3 Å². The van der Waals surface area contributed by atoms with Crippen molar-refractivity contribution in [3.05, 3.63) is 72.0 Å². The van der Waals surface area contributed by atoms with Crippen LogP contribution in [0.2, 0.25) is 0 Å². The van der Waals surface area contributed by atoms with Crippen LogP contribution in [0, 0.1) is 5.82 Å². The van der Waals surface area contributed by atoms with Crippen LogP contribution in [0.5, 0.6) is 0 Å². The first-order valence-corrected chi connectivity index (χ1v) is 4.82. The van der Waals surface area contributed by atoms with Crippen LogP contribution < -0.4 is 0 Å². The van der Waals surface area contributed by atoms with E-state index in [1.807, 2.05) is 25.0 Å². The molecule has 2 rings (SSSR count). The first-order chi connectivity index (χ1) is 8.33. The van der Waals surface area contributed by atoms with Crippen molar-refractivity contribution in [2.45, 2.75) is 0 Å². The summed E-state index contributed by atoms with van der Waals surface area (Å²) in [6.45, 7) is 2.00. The number of halogens is 1. The number of carbonyl (C=O) groups excluding carboxylic acids is 2. The largest absolute Gasteiger partial charge is 0.307 e. The number of rotatable bonds is 1. The molecule has 0 bridgehead atoms. The van der Waals surface area contributed by atoms with Gasteiger partial charge < -0.3 is 4.79 Å². The summed E-state index contributed by atoms with van der Waals surface area (Å²) >= 11 is 0. The number of hydrogen-bond acceptors (Lipinski definition) is 2. The van der Waals surface area contributed by atoms with Crippen LogP contribution in [-0.2, 0) is 4.79 Å². The molecule has 17 heavy (non-hydrogen) atoms. The minimum atomic E-state index is -0.178. The Morgan fingerprint density at radius 1 is 0.824 bits per heavy atom. The zero-order valence-electron chi connectivity index (χ0n) is 9.25. The van der Waals surface area contributed by atoms with Gasteiger partial charge in [-0.2, -0.15) is 0 Å². The summed E-state index contributed by atoms with van der Waals surface area (Å²) < 4.78 is 11.9. The predicted molar refractivity (Wildman–Crippen MR) is 65.4 cm³/mol. The first kappa shape index (κ1) is 14.7. The van der Waals surface area contributed by atoms with E-state index < -0.39 is 0 Å². The summed E-state index contributed by atoms with van der Waals surface area (Å²) in [7, 11) is 0. The lowest BCUT2D eigenvalue weighted by Gasteiger charge is -1.81. The molecule has 0 spiro atoms. The first-order valence-electron chi connectivity index (χ1n) is 4.82. The van der Waals surface area contributed by atoms with E-state index in [4.69, 9.17) is 4.79 Å². The van der Waals surface area contributed by atoms with E-state index >= 15 is 0 Å². The standard InChI is InChI=1S/C7H6O.C6H5F.CH2O/c8-6-7-4-2-1-3-5-7;7-6-4-2-1-3-5-6;1-2/h1-6H;1-5H;1H2. The molecule has 0 aliphatic carbocycles. The third-order valence-electron chi connectivity index (χ3n) is 1.67. The van der Waals surface area contributed by atoms with Crippen LogP contribution in [0.3, 0.4) is 0 Å². The van der Waals surface area contributed by atoms with Gasteiger partial charge in [-0.25, -0.2) is 4.39 Å². The Morgan fingerprint density at radius 2 is 1.24 bits per heavy atom. The molecule has 0 unspecified atom stereocenters. The van der Waals surface area contributed by atoms with Crippen molar-refractivity contribution < 1.29 is 14.0 Å². The highest BCUT2D eigenvalue weighted by Crippen LogP contribution is 1.92. The molecule has 2 aromatic rings. The predicted octanol–water partition coefficient (Wildman–Crippen LogP) is 3.14. The van der Waals surface area contributed by atoms with Gasteiger partial charge in [0.05, 0.1) is 0 Å². The fourth-order valence-corrected chi connectivity index (χ4v) is 0.946. The van der Waals surface area contributed by atoms with E-state index in [0.29, 0.717) is 0 Å². The Balaban J connectivity index is 0.000000265. The average molecular weight is 232 g/mol. The summed E-state index contributed by atoms with van der Waals surface area (Å²) in [5.41, 5.74) is 0.729. The normalized spacial score (nSPS) is 7.82. The molecule has 2 nitrogen and oxygen atoms in total. The van der Waals surface area contributed by atoms with Crippen LogP contribution in [0.25, 0.3) is 0 Å². The van der Waals surface area contributed by atoms with Crippen molar-refractivity contribution in [2.75, 3.05) is 0 Å². The van der Waals surface area contributed by atoms with Crippen molar-refractivity contribution in [1.82, 2.24) is 0 Å². The maximum atomic E-state index is 11.9. The highest BCUT2D eigenvalue weighted by atomic mass is 19.1. The van der Waals surface area contributed by atoms with Crippen LogP contribution in [0.15, 0.2) is 60.7 Å². The quantitative estimate of drug-likeness (QED) is 0.708. The highest BCUT2D eigenvalue weighted by Gasteiger charge is 1.80. The van der Waals surface area contributed by atoms with Crippen molar-refractivity contribution in [1.29, 1.82) is 0 Å². The van der Waals surface area contributed by atoms with Gasteiger partial charge in [0.2, 0.25) is 0 Å². The van der Waals surface area contributed by atoms with Crippen LogP contribution in [-0.4, -0.2) is 13.1 Å². The second kappa shape index (κ2) is 10.2. The van der Waals surface area contributed by atoms with Gasteiger partial charge in [-0.3, -0.25) is 4.79 Å². The molecule has 0 radical (unpaired) electrons. The zero-order valence-corrected chi connectivity index (χ0v) is 9.25. The Bertz CT molecular complexity index is 401. The average Bonchev–Trinajstić information content (AvgIpc) is 2.43. The van der Waals surface area contributed by atoms with Crippen molar-refractivity contribution in [3.63, 3.8) is 0 Å². The van der Waals surface area contributed by atoms with Crippen LogP contribution >= 0.6 is 0 Å². The minimum Gasteiger partial charge on any atom is -0.307 e. The smallest absolute Gasteiger partial charge is 0.150 e. The molecule has 0 aliphatic rings. The van der Waals surface area contributed by atoms with Gasteiger partial charge in [-0.15, -0.1) is 0 Å². The highest BCUT2D eigenvalue weighted by molar-refractivity contribution is 5.74. The minimum absolute atomic E-state index is 0.178. The molecule has 0 fully saturated rings. The number of carbonyl (C=O) groups is 2. The fraction of sp³-hybridized carbons (Fsp3) is 0. The molecule has 0 amide bonds. The van der Waals surface area contributed by atoms with Gasteiger partial charge >= 0.3 is 0 Å². The second-order valence-corrected chi connectivity index (χ2v) is 2.82. The van der Waals surface area contributed by atoms with Crippen LogP contribution in [0.4, 0.5) is 4.39 Å². The van der Waals surface area contributed by atoms with Gasteiger partial charge in [-0.05, 0) is 12.1 Å². The maximum Gasteiger partial charge on any atom is 0.150 e. The van der Waals surface area contributed by atoms with Gasteiger partial charge in [0.25, 0.3) is 0 Å². The number of aldehydes is 1. The Hall–Kier alpha value is -2.29. The molecule has 3 heteroatoms. The Labute approximate surface area is 99.7 Å². The van der Waals surface area contributed by atoms with Crippen molar-refractivity contribution in [2.24, 2.45) is 0 Å². The SMILES string of the molecule is C=O.Fc1ccccc1.O=Cc1ccccc1. The van der Waals surface area contributed by atoms with E-state index in [9.17, 15) is 9.18 Å². The summed E-state index contributed by atoms with van der Waals surface area (Å²) in [6.07, 6.45) is 0.833. The molecule has 0 aliphatic heterocycles. The van der Waals surface area contributed by atoms with Gasteiger partial charge in [0.15, 0.2) is 0 Å². The van der Waals surface area contributed by atoms with E-state index in [-0.39, 0.29) is 5.82 Å². The second-order valence-electron chi connectivity index (χ2n) is 2.82. The lowest BCUT2D eigenvalue weighted by atomic mass is 10.2. The van der Waals surface area contributed by atoms with Crippen LogP contribution in [0.1, 0.15) is 10.4 Å². The number of benzene rings is 2. The van der Waals surface area contributed by atoms with Gasteiger partial charge in [0, 0.05) is 5.56 Å². The van der Waals surface area contributed by atoms with E-state index in [2.05, 4.69) is 0 Å². The molecule has 2 aromatic carbocycles. The monoisotopic (exact) mass is 232 g/mol. The molecule has 0 atom stereocenters. The third-order valence-corrected chi connectivity index (χ3v) is 1.67. The molecule has 88 valence electrons. The summed E-state index contributed by atoms with van der Waals surface area (Å²) in [6, 6.07) is 17.0. The Morgan fingerprint density at radius 3 is 1.47 bits per heavy atom. The van der Waals surface area contributed by atoms with Crippen molar-refractivity contribution >= 4 is 13.1 Å². The molecule has 0 heterocycles. The molecule has 0 saturated carbocycles. The zero-order chi connectivity index (χ0) is 12.9. The summed E-state index contributed by atoms with van der Waals surface area (Å²) in [4.78, 5) is 18.0. The van der Waals surface area contributed by atoms with Crippen molar-refractivity contribution in [3.8, 4) is 0 Å². The number of hydrogen-bond donors (Lipinski definition) is 0. The molecular formula is C14H13FO2. The topological polar surface area (TPSA) is 34.1 Å². The summed E-state index contributed by atoms with van der Waals surface area (Å²) in [5, 5.41) is 0. The van der Waals surface area contributed by atoms with Gasteiger partial charge in [0.1, 0.15) is 18.9 Å². The molecule has 0 aromatic heterocycles. The maximum absolute atomic E-state index is 11.9. The van der Waals surface area contributed by atoms with Gasteiger partial charge in [-0.1, -0.05) is 48.5 Å². The van der Waals surface area contributed by atoms with E-state index in [0.717, 1.165) is 11.8 Å². The fourth-order valence-electron chi connectivity index (χ4n) is 0.946. The lowest BCUT2D eigenvalue weighted by molar-refractivity contribution is -0.0979. The third kappa shape index (κ3) is 7.62. The molecule has 0 saturated heterocycles. The van der Waals surface area contributed by atoms with E-state index in [1.165, 1.54) is 12.1 Å². The lowest BCUT2D eigenvalue weighted by Crippen LogP contribution is -1.73. The molecular weight excluding hydrogens is 219 g/mol.